The molecule has 0 atom stereocenters. The Morgan fingerprint density at radius 1 is 1.18 bits per heavy atom. The third-order valence-corrected chi connectivity index (χ3v) is 3.71. The predicted octanol–water partition coefficient (Wildman–Crippen LogP) is 3.09. The molecule has 0 fully saturated rings. The smallest absolute Gasteiger partial charge is 0.255 e. The van der Waals surface area contributed by atoms with Crippen LogP contribution >= 0.6 is 0 Å². The highest BCUT2D eigenvalue weighted by Gasteiger charge is 2.18. The molecule has 0 saturated heterocycles. The number of pyridine rings is 1. The average Bonchev–Trinajstić information content (AvgIpc) is 3.11. The first-order chi connectivity index (χ1) is 10.5. The van der Waals surface area contributed by atoms with Crippen LogP contribution in [0.3, 0.4) is 0 Å². The molecule has 114 valence electrons. The number of rotatable bonds is 3. The Morgan fingerprint density at radius 2 is 1.95 bits per heavy atom. The molecule has 0 aliphatic carbocycles. The quantitative estimate of drug-likeness (QED) is 0.745. The molecular weight excluding hydrogens is 276 g/mol. The van der Waals surface area contributed by atoms with Gasteiger partial charge < -0.3 is 9.30 Å². The van der Waals surface area contributed by atoms with Gasteiger partial charge in [0.15, 0.2) is 0 Å². The van der Waals surface area contributed by atoms with E-state index in [9.17, 15) is 4.79 Å². The van der Waals surface area contributed by atoms with Gasteiger partial charge in [0.2, 0.25) is 0 Å². The molecule has 0 aliphatic heterocycles. The highest BCUT2D eigenvalue weighted by molar-refractivity contribution is 6.02. The van der Waals surface area contributed by atoms with Crippen LogP contribution < -0.4 is 0 Å². The van der Waals surface area contributed by atoms with Crippen molar-refractivity contribution in [1.82, 2.24) is 19.1 Å². The van der Waals surface area contributed by atoms with Crippen LogP contribution in [0, 0.1) is 0 Å². The normalized spacial score (nSPS) is 11.3. The van der Waals surface area contributed by atoms with Crippen LogP contribution in [0.4, 0.5) is 0 Å². The molecule has 22 heavy (non-hydrogen) atoms. The van der Waals surface area contributed by atoms with Crippen molar-refractivity contribution < 1.29 is 4.79 Å². The number of hydrogen-bond acceptors (Lipinski definition) is 2. The summed E-state index contributed by atoms with van der Waals surface area (Å²) in [5, 5.41) is 4.62. The second kappa shape index (κ2) is 5.33. The molecule has 0 aromatic carbocycles. The summed E-state index contributed by atoms with van der Waals surface area (Å²) < 4.78 is 3.94. The standard InChI is InChI=1S/C17H20N4O/c1-12(2)21-10-8-14(18-21)16-11-13(17(22)19(3)4)15-7-5-6-9-20(15)16/h5-12H,1-4H3. The minimum absolute atomic E-state index is 0.00163. The molecule has 3 aromatic rings. The summed E-state index contributed by atoms with van der Waals surface area (Å²) in [6.07, 6.45) is 3.93. The van der Waals surface area contributed by atoms with E-state index in [1.807, 2.05) is 51.8 Å². The van der Waals surface area contributed by atoms with E-state index in [1.165, 1.54) is 0 Å². The third-order valence-electron chi connectivity index (χ3n) is 3.71. The van der Waals surface area contributed by atoms with Gasteiger partial charge in [0.05, 0.1) is 16.8 Å². The maximum Gasteiger partial charge on any atom is 0.255 e. The minimum atomic E-state index is -0.00163. The molecule has 3 rings (SSSR count). The summed E-state index contributed by atoms with van der Waals surface area (Å²) in [5.74, 6) is -0.00163. The second-order valence-corrected chi connectivity index (χ2v) is 5.87. The van der Waals surface area contributed by atoms with Crippen LogP contribution in [0.1, 0.15) is 30.2 Å². The third kappa shape index (κ3) is 2.28. The first kappa shape index (κ1) is 14.4. The molecule has 0 spiro atoms. The molecule has 0 saturated carbocycles. The van der Waals surface area contributed by atoms with Gasteiger partial charge in [0.25, 0.3) is 5.91 Å². The lowest BCUT2D eigenvalue weighted by atomic mass is 10.2. The van der Waals surface area contributed by atoms with E-state index < -0.39 is 0 Å². The lowest BCUT2D eigenvalue weighted by molar-refractivity contribution is 0.0829. The Bertz CT molecular complexity index is 826. The van der Waals surface area contributed by atoms with Crippen LogP contribution in [0.5, 0.6) is 0 Å². The summed E-state index contributed by atoms with van der Waals surface area (Å²) in [4.78, 5) is 14.0. The number of carbonyl (C=O) groups excluding carboxylic acids is 1. The van der Waals surface area contributed by atoms with Gasteiger partial charge in [0.1, 0.15) is 5.69 Å². The number of aromatic nitrogens is 3. The Morgan fingerprint density at radius 3 is 2.59 bits per heavy atom. The number of nitrogens with zero attached hydrogens (tertiary/aromatic N) is 4. The molecule has 0 aliphatic rings. The minimum Gasteiger partial charge on any atom is -0.345 e. The zero-order valence-electron chi connectivity index (χ0n) is 13.3. The molecular formula is C17H20N4O. The van der Waals surface area contributed by atoms with Crippen LogP contribution in [-0.2, 0) is 0 Å². The Balaban J connectivity index is 2.19. The SMILES string of the molecule is CC(C)n1ccc(-c2cc(C(=O)N(C)C)c3ccccn23)n1. The predicted molar refractivity (Wildman–Crippen MR) is 87.0 cm³/mol. The van der Waals surface area contributed by atoms with Gasteiger partial charge in [-0.15, -0.1) is 0 Å². The Kier molecular flexibility index (Phi) is 3.48. The zero-order valence-corrected chi connectivity index (χ0v) is 13.3. The summed E-state index contributed by atoms with van der Waals surface area (Å²) >= 11 is 0. The monoisotopic (exact) mass is 296 g/mol. The lowest BCUT2D eigenvalue weighted by Gasteiger charge is -2.08. The van der Waals surface area contributed by atoms with Crippen molar-refractivity contribution in [3.63, 3.8) is 0 Å². The highest BCUT2D eigenvalue weighted by Crippen LogP contribution is 2.26. The van der Waals surface area contributed by atoms with Crippen LogP contribution in [0.15, 0.2) is 42.7 Å². The van der Waals surface area contributed by atoms with Gasteiger partial charge in [-0.25, -0.2) is 0 Å². The van der Waals surface area contributed by atoms with E-state index in [1.54, 1.807) is 19.0 Å². The highest BCUT2D eigenvalue weighted by atomic mass is 16.2. The van der Waals surface area contributed by atoms with E-state index in [0.29, 0.717) is 11.6 Å². The molecule has 0 radical (unpaired) electrons. The van der Waals surface area contributed by atoms with Gasteiger partial charge in [-0.3, -0.25) is 9.48 Å². The molecule has 5 nitrogen and oxygen atoms in total. The second-order valence-electron chi connectivity index (χ2n) is 5.87. The van der Waals surface area contributed by atoms with Gasteiger partial charge in [-0.05, 0) is 38.1 Å². The molecule has 0 N–H and O–H groups in total. The van der Waals surface area contributed by atoms with Crippen molar-refractivity contribution in [2.75, 3.05) is 14.1 Å². The average molecular weight is 296 g/mol. The van der Waals surface area contributed by atoms with Gasteiger partial charge >= 0.3 is 0 Å². The maximum atomic E-state index is 12.4. The first-order valence-electron chi connectivity index (χ1n) is 7.36. The van der Waals surface area contributed by atoms with Crippen molar-refractivity contribution in [2.24, 2.45) is 0 Å². The van der Waals surface area contributed by atoms with Gasteiger partial charge in [-0.2, -0.15) is 5.10 Å². The summed E-state index contributed by atoms with van der Waals surface area (Å²) in [7, 11) is 3.53. The lowest BCUT2D eigenvalue weighted by Crippen LogP contribution is -2.21. The van der Waals surface area contributed by atoms with Crippen molar-refractivity contribution in [1.29, 1.82) is 0 Å². The molecule has 0 unspecified atom stereocenters. The maximum absolute atomic E-state index is 12.4. The van der Waals surface area contributed by atoms with E-state index in [0.717, 1.165) is 16.9 Å². The van der Waals surface area contributed by atoms with E-state index in [-0.39, 0.29) is 5.91 Å². The number of hydrogen-bond donors (Lipinski definition) is 0. The summed E-state index contributed by atoms with van der Waals surface area (Å²) in [5.41, 5.74) is 3.39. The van der Waals surface area contributed by atoms with E-state index in [4.69, 9.17) is 0 Å². The van der Waals surface area contributed by atoms with Crippen molar-refractivity contribution in [3.05, 3.63) is 48.3 Å². The fourth-order valence-corrected chi connectivity index (χ4v) is 2.52. The number of fused-ring (bicyclic) bond motifs is 1. The first-order valence-corrected chi connectivity index (χ1v) is 7.36. The number of amides is 1. The largest absolute Gasteiger partial charge is 0.345 e. The van der Waals surface area contributed by atoms with Gasteiger partial charge in [0, 0.05) is 32.5 Å². The molecule has 3 aromatic heterocycles. The van der Waals surface area contributed by atoms with Crippen molar-refractivity contribution in [2.45, 2.75) is 19.9 Å². The molecule has 5 heteroatoms. The zero-order chi connectivity index (χ0) is 15.9. The van der Waals surface area contributed by atoms with Crippen LogP contribution in [0.25, 0.3) is 16.9 Å². The molecule has 3 heterocycles. The van der Waals surface area contributed by atoms with Gasteiger partial charge in [-0.1, -0.05) is 6.07 Å². The van der Waals surface area contributed by atoms with Crippen LogP contribution in [-0.4, -0.2) is 39.1 Å². The van der Waals surface area contributed by atoms with E-state index >= 15 is 0 Å². The molecule has 0 bridgehead atoms. The van der Waals surface area contributed by atoms with Crippen molar-refractivity contribution in [3.8, 4) is 11.4 Å². The summed E-state index contributed by atoms with van der Waals surface area (Å²) in [6, 6.07) is 10.1. The Labute approximate surface area is 129 Å². The molecule has 1 amide bonds. The van der Waals surface area contributed by atoms with E-state index in [2.05, 4.69) is 18.9 Å². The fraction of sp³-hybridized carbons (Fsp3) is 0.294. The van der Waals surface area contributed by atoms with Crippen molar-refractivity contribution >= 4 is 11.4 Å². The summed E-state index contributed by atoms with van der Waals surface area (Å²) in [6.45, 7) is 4.18. The fourth-order valence-electron chi connectivity index (χ4n) is 2.52. The topological polar surface area (TPSA) is 42.5 Å². The van der Waals surface area contributed by atoms with Crippen LogP contribution in [0.2, 0.25) is 0 Å². The Hall–Kier alpha value is -2.56. The number of carbonyl (C=O) groups is 1.